The molecule has 6 rings (SSSR count). The van der Waals surface area contributed by atoms with E-state index in [1.165, 1.54) is 34.0 Å². The number of benzene rings is 3. The summed E-state index contributed by atoms with van der Waals surface area (Å²) in [5.41, 5.74) is 1.91. The number of tetrazole rings is 1. The van der Waals surface area contributed by atoms with Crippen LogP contribution in [0.4, 0.5) is 4.39 Å². The van der Waals surface area contributed by atoms with Gasteiger partial charge in [0.2, 0.25) is 24.4 Å². The zero-order valence-corrected chi connectivity index (χ0v) is 23.6. The Balaban J connectivity index is 1.32. The van der Waals surface area contributed by atoms with E-state index < -0.39 is 17.8 Å². The molecular formula is C31H31FN6O5. The molecule has 0 radical (unpaired) electrons. The van der Waals surface area contributed by atoms with Crippen LogP contribution in [-0.4, -0.2) is 56.9 Å². The monoisotopic (exact) mass is 586 g/mol. The molecule has 1 N–H and O–H groups in total. The summed E-state index contributed by atoms with van der Waals surface area (Å²) in [5, 5.41) is 15.7. The molecule has 1 aliphatic carbocycles. The Morgan fingerprint density at radius 2 is 1.79 bits per heavy atom. The minimum atomic E-state index is -1.04. The lowest BCUT2D eigenvalue weighted by atomic mass is 10.0. The van der Waals surface area contributed by atoms with Crippen molar-refractivity contribution in [2.75, 3.05) is 13.9 Å². The van der Waals surface area contributed by atoms with E-state index in [2.05, 4.69) is 20.7 Å². The van der Waals surface area contributed by atoms with Crippen LogP contribution in [0.3, 0.4) is 0 Å². The van der Waals surface area contributed by atoms with E-state index in [1.54, 1.807) is 43.5 Å². The Kier molecular flexibility index (Phi) is 8.16. The molecule has 2 heterocycles. The SMILES string of the molecule is COc1ccc(-c2nnn(CC(=O)N(Cc3ccc4c(c3)OCO4)[C@H](C(=O)NC3CCCC3)c3ccc(F)cc3)n2)cc1. The van der Waals surface area contributed by atoms with Crippen LogP contribution < -0.4 is 19.5 Å². The number of hydrogen-bond donors (Lipinski definition) is 1. The molecule has 1 fully saturated rings. The van der Waals surface area contributed by atoms with Crippen LogP contribution in [0.5, 0.6) is 17.2 Å². The average Bonchev–Trinajstić information content (AvgIpc) is 3.80. The lowest BCUT2D eigenvalue weighted by Gasteiger charge is -2.32. The number of carbonyl (C=O) groups is 2. The second-order valence-corrected chi connectivity index (χ2v) is 10.5. The number of rotatable bonds is 10. The fourth-order valence-corrected chi connectivity index (χ4v) is 5.41. The van der Waals surface area contributed by atoms with E-state index in [1.807, 2.05) is 6.07 Å². The van der Waals surface area contributed by atoms with Crippen LogP contribution in [0.1, 0.15) is 42.9 Å². The molecule has 0 saturated heterocycles. The molecule has 0 bridgehead atoms. The number of hydrogen-bond acceptors (Lipinski definition) is 8. The van der Waals surface area contributed by atoms with Crippen molar-refractivity contribution in [2.24, 2.45) is 0 Å². The molecule has 2 aliphatic rings. The quantitative estimate of drug-likeness (QED) is 0.296. The highest BCUT2D eigenvalue weighted by Crippen LogP contribution is 2.34. The van der Waals surface area contributed by atoms with E-state index in [0.717, 1.165) is 31.2 Å². The number of nitrogens with one attached hydrogen (secondary N) is 1. The van der Waals surface area contributed by atoms with Gasteiger partial charge in [0.15, 0.2) is 11.5 Å². The predicted molar refractivity (Wildman–Crippen MR) is 152 cm³/mol. The van der Waals surface area contributed by atoms with Gasteiger partial charge in [0.05, 0.1) is 7.11 Å². The number of halogens is 1. The van der Waals surface area contributed by atoms with Gasteiger partial charge in [-0.3, -0.25) is 9.59 Å². The highest BCUT2D eigenvalue weighted by Gasteiger charge is 2.34. The van der Waals surface area contributed by atoms with Gasteiger partial charge in [-0.1, -0.05) is 31.0 Å². The molecule has 12 heteroatoms. The zero-order valence-electron chi connectivity index (χ0n) is 23.6. The standard InChI is InChI=1S/C31H31FN6O5/c1-41-25-13-9-22(10-14-25)30-34-36-38(35-30)18-28(39)37(17-20-6-15-26-27(16-20)43-19-42-26)29(21-7-11-23(32)12-8-21)31(40)33-24-4-2-3-5-24/h6-16,24,29H,2-5,17-19H2,1H3,(H,33,40)/t29-/m0/s1. The van der Waals surface area contributed by atoms with Crippen molar-refractivity contribution < 1.29 is 28.2 Å². The fraction of sp³-hybridized carbons (Fsp3) is 0.323. The number of carbonyl (C=O) groups excluding carboxylic acids is 2. The second kappa shape index (κ2) is 12.5. The molecule has 43 heavy (non-hydrogen) atoms. The third-order valence-electron chi connectivity index (χ3n) is 7.64. The van der Waals surface area contributed by atoms with E-state index in [9.17, 15) is 14.0 Å². The maximum Gasteiger partial charge on any atom is 0.247 e. The van der Waals surface area contributed by atoms with Crippen LogP contribution in [0.15, 0.2) is 66.7 Å². The summed E-state index contributed by atoms with van der Waals surface area (Å²) >= 11 is 0. The van der Waals surface area contributed by atoms with Gasteiger partial charge < -0.3 is 24.4 Å². The normalized spacial score (nSPS) is 14.8. The van der Waals surface area contributed by atoms with E-state index in [0.29, 0.717) is 34.2 Å². The van der Waals surface area contributed by atoms with E-state index in [-0.39, 0.29) is 31.8 Å². The minimum Gasteiger partial charge on any atom is -0.497 e. The van der Waals surface area contributed by atoms with Gasteiger partial charge in [-0.05, 0) is 77.7 Å². The average molecular weight is 587 g/mol. The zero-order chi connectivity index (χ0) is 29.8. The van der Waals surface area contributed by atoms with E-state index in [4.69, 9.17) is 14.2 Å². The Morgan fingerprint density at radius 1 is 1.05 bits per heavy atom. The number of fused-ring (bicyclic) bond motifs is 1. The molecule has 11 nitrogen and oxygen atoms in total. The topological polar surface area (TPSA) is 121 Å². The fourth-order valence-electron chi connectivity index (χ4n) is 5.41. The van der Waals surface area contributed by atoms with Crippen molar-refractivity contribution in [3.05, 3.63) is 83.7 Å². The number of ether oxygens (including phenoxy) is 3. The Hall–Kier alpha value is -5.00. The van der Waals surface area contributed by atoms with Crippen molar-refractivity contribution in [1.82, 2.24) is 30.4 Å². The Bertz CT molecular complexity index is 1590. The Labute approximate surface area is 247 Å². The van der Waals surface area contributed by atoms with Crippen LogP contribution in [0.25, 0.3) is 11.4 Å². The predicted octanol–water partition coefficient (Wildman–Crippen LogP) is 4.05. The number of aromatic nitrogens is 4. The summed E-state index contributed by atoms with van der Waals surface area (Å²) in [7, 11) is 1.58. The number of methoxy groups -OCH3 is 1. The largest absolute Gasteiger partial charge is 0.497 e. The van der Waals surface area contributed by atoms with Gasteiger partial charge in [-0.2, -0.15) is 4.80 Å². The van der Waals surface area contributed by atoms with Crippen molar-refractivity contribution in [2.45, 2.75) is 50.9 Å². The maximum absolute atomic E-state index is 14.1. The molecule has 1 aromatic heterocycles. The van der Waals surface area contributed by atoms with E-state index >= 15 is 0 Å². The summed E-state index contributed by atoms with van der Waals surface area (Å²) in [6.45, 7) is -0.102. The number of amides is 2. The van der Waals surface area contributed by atoms with Gasteiger partial charge in [-0.25, -0.2) is 4.39 Å². The first-order valence-electron chi connectivity index (χ1n) is 14.1. The molecule has 222 valence electrons. The van der Waals surface area contributed by atoms with Crippen molar-refractivity contribution >= 4 is 11.8 Å². The summed E-state index contributed by atoms with van der Waals surface area (Å²) in [5.74, 6) is 0.991. The first-order valence-corrected chi connectivity index (χ1v) is 14.1. The maximum atomic E-state index is 14.1. The molecule has 0 spiro atoms. The lowest BCUT2D eigenvalue weighted by molar-refractivity contribution is -0.142. The second-order valence-electron chi connectivity index (χ2n) is 10.5. The third-order valence-corrected chi connectivity index (χ3v) is 7.64. The van der Waals surface area contributed by atoms with Gasteiger partial charge in [0.1, 0.15) is 24.2 Å². The minimum absolute atomic E-state index is 0.0157. The van der Waals surface area contributed by atoms with Crippen LogP contribution in [0.2, 0.25) is 0 Å². The van der Waals surface area contributed by atoms with Gasteiger partial charge >= 0.3 is 0 Å². The molecule has 4 aromatic rings. The molecule has 2 amide bonds. The number of nitrogens with zero attached hydrogens (tertiary/aromatic N) is 5. The van der Waals surface area contributed by atoms with Crippen LogP contribution in [-0.2, 0) is 22.7 Å². The van der Waals surface area contributed by atoms with Crippen molar-refractivity contribution in [1.29, 1.82) is 0 Å². The summed E-state index contributed by atoms with van der Waals surface area (Å²) in [4.78, 5) is 30.6. The molecule has 1 saturated carbocycles. The van der Waals surface area contributed by atoms with Crippen LogP contribution in [0, 0.1) is 5.82 Å². The molecule has 0 unspecified atom stereocenters. The van der Waals surface area contributed by atoms with Gasteiger partial charge in [-0.15, -0.1) is 10.2 Å². The summed E-state index contributed by atoms with van der Waals surface area (Å²) < 4.78 is 30.1. The van der Waals surface area contributed by atoms with Gasteiger partial charge in [0.25, 0.3) is 0 Å². The Morgan fingerprint density at radius 3 is 2.53 bits per heavy atom. The van der Waals surface area contributed by atoms with Crippen LogP contribution >= 0.6 is 0 Å². The van der Waals surface area contributed by atoms with Crippen molar-refractivity contribution in [3.8, 4) is 28.6 Å². The summed E-state index contributed by atoms with van der Waals surface area (Å²) in [6.07, 6.45) is 3.80. The highest BCUT2D eigenvalue weighted by molar-refractivity contribution is 5.89. The first-order chi connectivity index (χ1) is 21.0. The van der Waals surface area contributed by atoms with Gasteiger partial charge in [0, 0.05) is 18.2 Å². The summed E-state index contributed by atoms with van der Waals surface area (Å²) in [6, 6.07) is 17.1. The third kappa shape index (κ3) is 6.42. The van der Waals surface area contributed by atoms with Crippen molar-refractivity contribution in [3.63, 3.8) is 0 Å². The first kappa shape index (κ1) is 28.1. The molecule has 1 aliphatic heterocycles. The molecular weight excluding hydrogens is 555 g/mol. The lowest BCUT2D eigenvalue weighted by Crippen LogP contribution is -2.46. The highest BCUT2D eigenvalue weighted by atomic mass is 19.1. The smallest absolute Gasteiger partial charge is 0.247 e. The molecule has 3 aromatic carbocycles. The molecule has 1 atom stereocenters.